The molecular weight excluding hydrogens is 236 g/mol. The molecule has 0 aliphatic carbocycles. The summed E-state index contributed by atoms with van der Waals surface area (Å²) < 4.78 is 5.44. The number of hydrogen-bond donors (Lipinski definition) is 0. The van der Waals surface area contributed by atoms with Crippen LogP contribution in [0.1, 0.15) is 67.2 Å². The average molecular weight is 268 g/mol. The highest BCUT2D eigenvalue weighted by Crippen LogP contribution is 2.38. The van der Waals surface area contributed by atoms with Crippen LogP contribution >= 0.6 is 0 Å². The lowest BCUT2D eigenvalue weighted by molar-refractivity contribution is -0.160. The van der Waals surface area contributed by atoms with Gasteiger partial charge in [-0.1, -0.05) is 40.2 Å². The van der Waals surface area contributed by atoms with E-state index in [9.17, 15) is 4.79 Å². The summed E-state index contributed by atoms with van der Waals surface area (Å²) in [7, 11) is 0. The SMILES string of the molecule is C=CCC(CC)CCCOC(=O)C(C)(C)C(C)(C)C. The summed E-state index contributed by atoms with van der Waals surface area (Å²) in [6.45, 7) is 16.7. The molecule has 0 aromatic heterocycles. The number of ether oxygens (including phenoxy) is 1. The Morgan fingerprint density at radius 3 is 2.26 bits per heavy atom. The molecule has 0 bridgehead atoms. The highest BCUT2D eigenvalue weighted by Gasteiger charge is 2.41. The van der Waals surface area contributed by atoms with Crippen molar-refractivity contribution in [2.45, 2.75) is 67.2 Å². The third-order valence-electron chi connectivity index (χ3n) is 4.45. The highest BCUT2D eigenvalue weighted by molar-refractivity contribution is 5.76. The van der Waals surface area contributed by atoms with Crippen molar-refractivity contribution in [3.05, 3.63) is 12.7 Å². The van der Waals surface area contributed by atoms with Gasteiger partial charge in [-0.2, -0.15) is 0 Å². The molecule has 0 saturated carbocycles. The van der Waals surface area contributed by atoms with Gasteiger partial charge in [0.1, 0.15) is 0 Å². The first-order valence-electron chi connectivity index (χ1n) is 7.45. The molecule has 2 nitrogen and oxygen atoms in total. The quantitative estimate of drug-likeness (QED) is 0.352. The van der Waals surface area contributed by atoms with E-state index < -0.39 is 5.41 Å². The average Bonchev–Trinajstić information content (AvgIpc) is 2.31. The van der Waals surface area contributed by atoms with Crippen molar-refractivity contribution in [1.29, 1.82) is 0 Å². The number of esters is 1. The van der Waals surface area contributed by atoms with E-state index in [0.29, 0.717) is 12.5 Å². The molecule has 0 fully saturated rings. The Balaban J connectivity index is 4.08. The first kappa shape index (κ1) is 18.2. The molecule has 0 aromatic carbocycles. The molecule has 2 heteroatoms. The molecular formula is C17H32O2. The van der Waals surface area contributed by atoms with Crippen molar-refractivity contribution in [3.8, 4) is 0 Å². The Labute approximate surface area is 119 Å². The monoisotopic (exact) mass is 268 g/mol. The van der Waals surface area contributed by atoms with Gasteiger partial charge < -0.3 is 4.74 Å². The normalized spacial score (nSPS) is 14.0. The van der Waals surface area contributed by atoms with Gasteiger partial charge in [-0.25, -0.2) is 0 Å². The van der Waals surface area contributed by atoms with Crippen LogP contribution in [0.2, 0.25) is 0 Å². The van der Waals surface area contributed by atoms with E-state index in [-0.39, 0.29) is 11.4 Å². The molecule has 0 amide bonds. The van der Waals surface area contributed by atoms with Crippen LogP contribution in [0.4, 0.5) is 0 Å². The Hall–Kier alpha value is -0.790. The summed E-state index contributed by atoms with van der Waals surface area (Å²) in [4.78, 5) is 12.1. The van der Waals surface area contributed by atoms with Crippen LogP contribution in [0.5, 0.6) is 0 Å². The van der Waals surface area contributed by atoms with E-state index in [1.54, 1.807) is 0 Å². The maximum absolute atomic E-state index is 12.1. The van der Waals surface area contributed by atoms with Gasteiger partial charge in [0.05, 0.1) is 12.0 Å². The van der Waals surface area contributed by atoms with Crippen molar-refractivity contribution in [1.82, 2.24) is 0 Å². The molecule has 1 unspecified atom stereocenters. The van der Waals surface area contributed by atoms with E-state index >= 15 is 0 Å². The van der Waals surface area contributed by atoms with Gasteiger partial charge in [-0.3, -0.25) is 4.79 Å². The molecule has 0 aliphatic rings. The predicted octanol–water partition coefficient (Wildman–Crippen LogP) is 4.98. The Morgan fingerprint density at radius 2 is 1.84 bits per heavy atom. The van der Waals surface area contributed by atoms with Crippen LogP contribution in [0.3, 0.4) is 0 Å². The van der Waals surface area contributed by atoms with Crippen LogP contribution in [-0.4, -0.2) is 12.6 Å². The molecule has 0 aliphatic heterocycles. The number of rotatable bonds is 8. The standard InChI is InChI=1S/C17H32O2/c1-8-11-14(9-2)12-10-13-19-15(18)17(6,7)16(3,4)5/h8,14H,1,9-13H2,2-7H3. The fourth-order valence-corrected chi connectivity index (χ4v) is 1.75. The fraction of sp³-hybridized carbons (Fsp3) is 0.824. The van der Waals surface area contributed by atoms with Gasteiger partial charge in [-0.15, -0.1) is 6.58 Å². The first-order valence-corrected chi connectivity index (χ1v) is 7.45. The zero-order valence-electron chi connectivity index (χ0n) is 13.7. The minimum absolute atomic E-state index is 0.0844. The summed E-state index contributed by atoms with van der Waals surface area (Å²) in [5.74, 6) is 0.587. The second-order valence-corrected chi connectivity index (χ2v) is 6.95. The third-order valence-corrected chi connectivity index (χ3v) is 4.45. The minimum atomic E-state index is -0.446. The molecule has 0 heterocycles. The third kappa shape index (κ3) is 5.80. The minimum Gasteiger partial charge on any atom is -0.465 e. The number of hydrogen-bond acceptors (Lipinski definition) is 2. The second kappa shape index (κ2) is 7.72. The summed E-state index contributed by atoms with van der Waals surface area (Å²) in [5.41, 5.74) is -0.531. The van der Waals surface area contributed by atoms with Crippen LogP contribution in [-0.2, 0) is 9.53 Å². The second-order valence-electron chi connectivity index (χ2n) is 6.95. The van der Waals surface area contributed by atoms with E-state index in [1.807, 2.05) is 19.9 Å². The Morgan fingerprint density at radius 1 is 1.26 bits per heavy atom. The van der Waals surface area contributed by atoms with Crippen LogP contribution in [0.15, 0.2) is 12.7 Å². The number of carbonyl (C=O) groups excluding carboxylic acids is 1. The zero-order chi connectivity index (χ0) is 15.1. The molecule has 0 N–H and O–H groups in total. The van der Waals surface area contributed by atoms with Gasteiger partial charge in [-0.05, 0) is 44.4 Å². The van der Waals surface area contributed by atoms with E-state index in [4.69, 9.17) is 4.74 Å². The van der Waals surface area contributed by atoms with Crippen molar-refractivity contribution in [3.63, 3.8) is 0 Å². The Kier molecular flexibility index (Phi) is 7.39. The molecule has 1 atom stereocenters. The summed E-state index contributed by atoms with van der Waals surface area (Å²) in [6, 6.07) is 0. The molecule has 0 radical (unpaired) electrons. The van der Waals surface area contributed by atoms with E-state index in [1.165, 1.54) is 0 Å². The molecule has 0 aromatic rings. The largest absolute Gasteiger partial charge is 0.465 e. The smallest absolute Gasteiger partial charge is 0.312 e. The predicted molar refractivity (Wildman–Crippen MR) is 82.0 cm³/mol. The summed E-state index contributed by atoms with van der Waals surface area (Å²) >= 11 is 0. The van der Waals surface area contributed by atoms with Gasteiger partial charge >= 0.3 is 5.97 Å². The lowest BCUT2D eigenvalue weighted by atomic mass is 9.69. The van der Waals surface area contributed by atoms with Crippen molar-refractivity contribution in [2.75, 3.05) is 6.61 Å². The Bertz CT molecular complexity index is 284. The molecule has 0 saturated heterocycles. The molecule has 0 spiro atoms. The highest BCUT2D eigenvalue weighted by atomic mass is 16.5. The lowest BCUT2D eigenvalue weighted by Gasteiger charge is -2.36. The number of carbonyl (C=O) groups is 1. The zero-order valence-corrected chi connectivity index (χ0v) is 13.7. The van der Waals surface area contributed by atoms with E-state index in [0.717, 1.165) is 25.7 Å². The first-order chi connectivity index (χ1) is 8.66. The van der Waals surface area contributed by atoms with Gasteiger partial charge in [0.15, 0.2) is 0 Å². The summed E-state index contributed by atoms with van der Waals surface area (Å²) in [6.07, 6.45) is 6.23. The molecule has 19 heavy (non-hydrogen) atoms. The number of allylic oxidation sites excluding steroid dienone is 1. The topological polar surface area (TPSA) is 26.3 Å². The van der Waals surface area contributed by atoms with Gasteiger partial charge in [0.25, 0.3) is 0 Å². The molecule has 0 rings (SSSR count). The van der Waals surface area contributed by atoms with Crippen molar-refractivity contribution < 1.29 is 9.53 Å². The summed E-state index contributed by atoms with van der Waals surface area (Å²) in [5, 5.41) is 0. The fourth-order valence-electron chi connectivity index (χ4n) is 1.75. The van der Waals surface area contributed by atoms with E-state index in [2.05, 4.69) is 34.3 Å². The van der Waals surface area contributed by atoms with Crippen LogP contribution < -0.4 is 0 Å². The van der Waals surface area contributed by atoms with Crippen LogP contribution in [0.25, 0.3) is 0 Å². The lowest BCUT2D eigenvalue weighted by Crippen LogP contribution is -2.39. The van der Waals surface area contributed by atoms with Gasteiger partial charge in [0.2, 0.25) is 0 Å². The van der Waals surface area contributed by atoms with Crippen LogP contribution in [0, 0.1) is 16.7 Å². The van der Waals surface area contributed by atoms with Crippen molar-refractivity contribution >= 4 is 5.97 Å². The maximum Gasteiger partial charge on any atom is 0.312 e. The molecule has 112 valence electrons. The van der Waals surface area contributed by atoms with Gasteiger partial charge in [0, 0.05) is 0 Å². The van der Waals surface area contributed by atoms with Crippen molar-refractivity contribution in [2.24, 2.45) is 16.7 Å². The maximum atomic E-state index is 12.1.